The number of likely N-dealkylation sites (N-methyl/N-ethyl adjacent to an activating group) is 1. The maximum absolute atomic E-state index is 4.48. The summed E-state index contributed by atoms with van der Waals surface area (Å²) in [6, 6.07) is 12.8. The number of aryl methyl sites for hydroxylation is 2. The van der Waals surface area contributed by atoms with Gasteiger partial charge in [0.25, 0.3) is 0 Å². The van der Waals surface area contributed by atoms with Gasteiger partial charge in [0.2, 0.25) is 0 Å². The molecule has 0 radical (unpaired) electrons. The molecule has 0 aliphatic rings. The van der Waals surface area contributed by atoms with E-state index in [9.17, 15) is 0 Å². The number of nitrogens with one attached hydrogen (secondary N) is 1. The van der Waals surface area contributed by atoms with Crippen molar-refractivity contribution in [2.45, 2.75) is 19.9 Å². The third kappa shape index (κ3) is 3.19. The molecule has 1 N–H and O–H groups in total. The fraction of sp³-hybridized carbons (Fsp3) is 0.333. The van der Waals surface area contributed by atoms with Crippen LogP contribution in [0.1, 0.15) is 22.9 Å². The number of nitrogens with zero attached hydrogens (tertiary/aromatic N) is 4. The highest BCUT2D eigenvalue weighted by Crippen LogP contribution is 2.22. The van der Waals surface area contributed by atoms with Crippen LogP contribution in [0.2, 0.25) is 0 Å². The van der Waals surface area contributed by atoms with Crippen molar-refractivity contribution in [3.63, 3.8) is 0 Å². The molecule has 2 heterocycles. The van der Waals surface area contributed by atoms with Gasteiger partial charge < -0.3 is 10.2 Å². The third-order valence-corrected chi connectivity index (χ3v) is 4.13. The molecular weight excluding hydrogens is 286 g/mol. The second-order valence-corrected chi connectivity index (χ2v) is 6.10. The highest BCUT2D eigenvalue weighted by atomic mass is 15.3. The van der Waals surface area contributed by atoms with E-state index in [1.165, 1.54) is 11.1 Å². The van der Waals surface area contributed by atoms with Crippen LogP contribution in [0.15, 0.2) is 42.6 Å². The fourth-order valence-electron chi connectivity index (χ4n) is 2.90. The molecular formula is C18H23N5. The van der Waals surface area contributed by atoms with Gasteiger partial charge in [-0.1, -0.05) is 24.3 Å². The molecule has 1 aromatic carbocycles. The van der Waals surface area contributed by atoms with Gasteiger partial charge in [0, 0.05) is 24.4 Å². The van der Waals surface area contributed by atoms with Crippen LogP contribution in [-0.4, -0.2) is 40.1 Å². The Hall–Kier alpha value is -2.40. The van der Waals surface area contributed by atoms with E-state index >= 15 is 0 Å². The molecule has 0 aliphatic carbocycles. The van der Waals surface area contributed by atoms with Crippen LogP contribution < -0.4 is 5.32 Å². The van der Waals surface area contributed by atoms with Crippen molar-refractivity contribution in [2.24, 2.45) is 0 Å². The van der Waals surface area contributed by atoms with E-state index < -0.39 is 0 Å². The second-order valence-electron chi connectivity index (χ2n) is 6.10. The highest BCUT2D eigenvalue weighted by Gasteiger charge is 2.16. The number of fused-ring (bicyclic) bond motifs is 1. The summed E-state index contributed by atoms with van der Waals surface area (Å²) in [5.41, 5.74) is 4.50. The van der Waals surface area contributed by atoms with Crippen molar-refractivity contribution in [3.8, 4) is 0 Å². The predicted octanol–water partition coefficient (Wildman–Crippen LogP) is 3.06. The summed E-state index contributed by atoms with van der Waals surface area (Å²) in [7, 11) is 4.22. The summed E-state index contributed by atoms with van der Waals surface area (Å²) in [5.74, 6) is 0.970. The van der Waals surface area contributed by atoms with Gasteiger partial charge in [-0.2, -0.15) is 9.61 Å². The predicted molar refractivity (Wildman–Crippen MR) is 93.8 cm³/mol. The maximum atomic E-state index is 4.48. The van der Waals surface area contributed by atoms with Crippen LogP contribution in [0.3, 0.4) is 0 Å². The lowest BCUT2D eigenvalue weighted by molar-refractivity contribution is 0.310. The van der Waals surface area contributed by atoms with Gasteiger partial charge in [-0.25, -0.2) is 4.98 Å². The Morgan fingerprint density at radius 2 is 1.96 bits per heavy atom. The normalized spacial score (nSPS) is 12.7. The average molecular weight is 309 g/mol. The molecule has 0 amide bonds. The Kier molecular flexibility index (Phi) is 4.30. The fourth-order valence-corrected chi connectivity index (χ4v) is 2.90. The van der Waals surface area contributed by atoms with Crippen LogP contribution in [0, 0.1) is 13.8 Å². The Labute approximate surface area is 137 Å². The smallest absolute Gasteiger partial charge is 0.157 e. The first-order valence-electron chi connectivity index (χ1n) is 7.83. The zero-order chi connectivity index (χ0) is 16.4. The molecule has 23 heavy (non-hydrogen) atoms. The van der Waals surface area contributed by atoms with E-state index in [1.54, 1.807) is 6.20 Å². The molecule has 3 rings (SSSR count). The Morgan fingerprint density at radius 1 is 1.17 bits per heavy atom. The molecule has 120 valence electrons. The summed E-state index contributed by atoms with van der Waals surface area (Å²) in [6.07, 6.45) is 1.78. The number of benzene rings is 1. The molecule has 2 aromatic heterocycles. The molecule has 1 atom stereocenters. The van der Waals surface area contributed by atoms with Crippen molar-refractivity contribution in [1.82, 2.24) is 19.5 Å². The van der Waals surface area contributed by atoms with Crippen molar-refractivity contribution < 1.29 is 0 Å². The Balaban J connectivity index is 1.87. The van der Waals surface area contributed by atoms with E-state index in [0.29, 0.717) is 0 Å². The largest absolute Gasteiger partial charge is 0.368 e. The number of anilines is 1. The molecule has 3 aromatic rings. The minimum Gasteiger partial charge on any atom is -0.368 e. The van der Waals surface area contributed by atoms with E-state index in [1.807, 2.05) is 23.6 Å². The number of hydrogen-bond acceptors (Lipinski definition) is 4. The highest BCUT2D eigenvalue weighted by molar-refractivity contribution is 5.49. The summed E-state index contributed by atoms with van der Waals surface area (Å²) < 4.78 is 1.84. The Bertz CT molecular complexity index is 806. The minimum atomic E-state index is 0.287. The van der Waals surface area contributed by atoms with Gasteiger partial charge >= 0.3 is 0 Å². The van der Waals surface area contributed by atoms with Gasteiger partial charge in [-0.3, -0.25) is 0 Å². The van der Waals surface area contributed by atoms with Crippen molar-refractivity contribution >= 4 is 11.5 Å². The average Bonchev–Trinajstić information content (AvgIpc) is 2.97. The number of hydrogen-bond donors (Lipinski definition) is 1. The van der Waals surface area contributed by atoms with E-state index in [2.05, 4.69) is 65.6 Å². The van der Waals surface area contributed by atoms with Gasteiger partial charge in [0.15, 0.2) is 5.65 Å². The summed E-state index contributed by atoms with van der Waals surface area (Å²) in [5, 5.41) is 7.89. The molecule has 0 spiro atoms. The van der Waals surface area contributed by atoms with Gasteiger partial charge in [-0.15, -0.1) is 0 Å². The van der Waals surface area contributed by atoms with Crippen LogP contribution in [0.5, 0.6) is 0 Å². The summed E-state index contributed by atoms with van der Waals surface area (Å²) in [4.78, 5) is 6.72. The summed E-state index contributed by atoms with van der Waals surface area (Å²) in [6.45, 7) is 4.97. The molecule has 5 heteroatoms. The standard InChI is InChI=1S/C18H23N5/c1-13-7-5-6-8-15(13)16(22(3)4)12-19-18-11-14(2)21-17-9-10-20-23(17)18/h5-11,16,19H,12H2,1-4H3. The Morgan fingerprint density at radius 3 is 2.70 bits per heavy atom. The van der Waals surface area contributed by atoms with E-state index in [4.69, 9.17) is 0 Å². The lowest BCUT2D eigenvalue weighted by Crippen LogP contribution is -2.28. The first kappa shape index (κ1) is 15.5. The van der Waals surface area contributed by atoms with Gasteiger partial charge in [0.05, 0.1) is 12.2 Å². The van der Waals surface area contributed by atoms with Gasteiger partial charge in [-0.05, 0) is 39.1 Å². The first-order valence-corrected chi connectivity index (χ1v) is 7.83. The van der Waals surface area contributed by atoms with Gasteiger partial charge in [0.1, 0.15) is 5.82 Å². The molecule has 5 nitrogen and oxygen atoms in total. The van der Waals surface area contributed by atoms with Crippen molar-refractivity contribution in [3.05, 3.63) is 59.4 Å². The quantitative estimate of drug-likeness (QED) is 0.787. The zero-order valence-electron chi connectivity index (χ0n) is 14.1. The monoisotopic (exact) mass is 309 g/mol. The lowest BCUT2D eigenvalue weighted by atomic mass is 10.0. The van der Waals surface area contributed by atoms with E-state index in [0.717, 1.165) is 23.7 Å². The van der Waals surface area contributed by atoms with Crippen LogP contribution in [-0.2, 0) is 0 Å². The first-order chi connectivity index (χ1) is 11.1. The van der Waals surface area contributed by atoms with Crippen LogP contribution >= 0.6 is 0 Å². The topological polar surface area (TPSA) is 45.5 Å². The number of rotatable bonds is 5. The molecule has 1 unspecified atom stereocenters. The van der Waals surface area contributed by atoms with Crippen LogP contribution in [0.25, 0.3) is 5.65 Å². The summed E-state index contributed by atoms with van der Waals surface area (Å²) >= 11 is 0. The van der Waals surface area contributed by atoms with E-state index in [-0.39, 0.29) is 6.04 Å². The lowest BCUT2D eigenvalue weighted by Gasteiger charge is -2.27. The SMILES string of the molecule is Cc1cc(NCC(c2ccccc2C)N(C)C)n2nccc2n1. The molecule has 0 aliphatic heterocycles. The molecule has 0 saturated heterocycles. The minimum absolute atomic E-state index is 0.287. The molecule has 0 fully saturated rings. The maximum Gasteiger partial charge on any atom is 0.157 e. The van der Waals surface area contributed by atoms with Crippen LogP contribution in [0.4, 0.5) is 5.82 Å². The third-order valence-electron chi connectivity index (χ3n) is 4.13. The van der Waals surface area contributed by atoms with Crippen molar-refractivity contribution in [2.75, 3.05) is 26.0 Å². The zero-order valence-corrected chi connectivity index (χ0v) is 14.1. The van der Waals surface area contributed by atoms with Crippen molar-refractivity contribution in [1.29, 1.82) is 0 Å². The number of aromatic nitrogens is 3. The molecule has 0 saturated carbocycles. The molecule has 0 bridgehead atoms. The second kappa shape index (κ2) is 6.38.